The summed E-state index contributed by atoms with van der Waals surface area (Å²) in [4.78, 5) is 4.78. The number of hydrogen-bond acceptors (Lipinski definition) is 4. The number of fused-ring (bicyclic) bond motifs is 1. The first-order valence-corrected chi connectivity index (χ1v) is 10.5. The predicted octanol–water partition coefficient (Wildman–Crippen LogP) is 6.12. The third-order valence-electron chi connectivity index (χ3n) is 5.64. The van der Waals surface area contributed by atoms with Gasteiger partial charge in [-0.05, 0) is 73.4 Å². The SMILES string of the molecule is Cc1nsc(NC2=CC=CC3C(C4=CCC=C4)=CN=C23)c1C1=CCCCC1. The molecule has 0 saturated heterocycles. The van der Waals surface area contributed by atoms with Crippen LogP contribution in [0.3, 0.4) is 0 Å². The summed E-state index contributed by atoms with van der Waals surface area (Å²) in [6.45, 7) is 2.12. The van der Waals surface area contributed by atoms with Gasteiger partial charge in [-0.15, -0.1) is 0 Å². The number of rotatable bonds is 4. The molecule has 4 aliphatic rings. The Morgan fingerprint density at radius 2 is 2.19 bits per heavy atom. The van der Waals surface area contributed by atoms with Crippen molar-refractivity contribution >= 4 is 27.8 Å². The highest BCUT2D eigenvalue weighted by Gasteiger charge is 2.30. The molecule has 27 heavy (non-hydrogen) atoms. The predicted molar refractivity (Wildman–Crippen MR) is 115 cm³/mol. The Morgan fingerprint density at radius 1 is 1.22 bits per heavy atom. The molecule has 0 amide bonds. The first kappa shape index (κ1) is 16.7. The number of allylic oxidation sites excluding steroid dienone is 11. The van der Waals surface area contributed by atoms with Crippen LogP contribution in [0.5, 0.6) is 0 Å². The molecular weight excluding hydrogens is 350 g/mol. The van der Waals surface area contributed by atoms with E-state index in [1.807, 2.05) is 6.20 Å². The maximum atomic E-state index is 4.78. The van der Waals surface area contributed by atoms with Gasteiger partial charge in [-0.3, -0.25) is 4.99 Å². The molecule has 3 aliphatic carbocycles. The fraction of sp³-hybridized carbons (Fsp3) is 0.304. The van der Waals surface area contributed by atoms with Crippen LogP contribution < -0.4 is 5.32 Å². The molecule has 1 aliphatic heterocycles. The van der Waals surface area contributed by atoms with Crippen molar-refractivity contribution in [2.75, 3.05) is 5.32 Å². The molecule has 136 valence electrons. The van der Waals surface area contributed by atoms with E-state index in [0.29, 0.717) is 0 Å². The monoisotopic (exact) mass is 373 g/mol. The Hall–Kier alpha value is -2.46. The second-order valence-corrected chi connectivity index (χ2v) is 8.18. The fourth-order valence-corrected chi connectivity index (χ4v) is 5.12. The van der Waals surface area contributed by atoms with Crippen molar-refractivity contribution in [3.05, 3.63) is 76.8 Å². The van der Waals surface area contributed by atoms with E-state index in [9.17, 15) is 0 Å². The fourth-order valence-electron chi connectivity index (χ4n) is 4.28. The number of aryl methyl sites for hydroxylation is 1. The molecule has 0 saturated carbocycles. The van der Waals surface area contributed by atoms with Crippen molar-refractivity contribution in [3.8, 4) is 0 Å². The van der Waals surface area contributed by atoms with Gasteiger partial charge in [-0.1, -0.05) is 36.5 Å². The van der Waals surface area contributed by atoms with Gasteiger partial charge in [0.1, 0.15) is 5.00 Å². The maximum Gasteiger partial charge on any atom is 0.121 e. The highest BCUT2D eigenvalue weighted by molar-refractivity contribution is 7.10. The van der Waals surface area contributed by atoms with E-state index in [0.717, 1.165) is 34.9 Å². The lowest BCUT2D eigenvalue weighted by atomic mass is 9.87. The molecule has 0 aromatic carbocycles. The van der Waals surface area contributed by atoms with Gasteiger partial charge in [0.05, 0.1) is 17.1 Å². The maximum absolute atomic E-state index is 4.78. The molecule has 0 spiro atoms. The standard InChI is InChI=1S/C23H23N3S/c1-15-21(17-10-3-2-4-11-17)23(27-26-15)25-20-13-7-12-18-19(14-24-22(18)20)16-8-5-6-9-16/h5,7-10,12-14,18,25H,2-4,6,11H2,1H3. The van der Waals surface area contributed by atoms with Gasteiger partial charge in [0.25, 0.3) is 0 Å². The molecule has 0 bridgehead atoms. The number of anilines is 1. The zero-order chi connectivity index (χ0) is 18.2. The number of aromatic nitrogens is 1. The van der Waals surface area contributed by atoms with Crippen LogP contribution in [0.15, 0.2) is 70.6 Å². The van der Waals surface area contributed by atoms with E-state index < -0.39 is 0 Å². The Bertz CT molecular complexity index is 995. The van der Waals surface area contributed by atoms with Crippen molar-refractivity contribution in [2.45, 2.75) is 39.0 Å². The van der Waals surface area contributed by atoms with E-state index in [4.69, 9.17) is 4.99 Å². The largest absolute Gasteiger partial charge is 0.344 e. The van der Waals surface area contributed by atoms with Crippen LogP contribution in [0.25, 0.3) is 5.57 Å². The van der Waals surface area contributed by atoms with E-state index in [-0.39, 0.29) is 5.92 Å². The van der Waals surface area contributed by atoms with Crippen LogP contribution in [0.2, 0.25) is 0 Å². The molecule has 2 heterocycles. The highest BCUT2D eigenvalue weighted by Crippen LogP contribution is 2.39. The van der Waals surface area contributed by atoms with Crippen molar-refractivity contribution in [1.82, 2.24) is 4.37 Å². The minimum atomic E-state index is 0.248. The summed E-state index contributed by atoms with van der Waals surface area (Å²) in [5, 5.41) is 4.82. The summed E-state index contributed by atoms with van der Waals surface area (Å²) < 4.78 is 4.64. The Kier molecular flexibility index (Phi) is 4.29. The van der Waals surface area contributed by atoms with E-state index in [2.05, 4.69) is 59.1 Å². The number of nitrogens with zero attached hydrogens (tertiary/aromatic N) is 2. The van der Waals surface area contributed by atoms with Gasteiger partial charge in [-0.2, -0.15) is 4.37 Å². The molecular formula is C23H23N3S. The average molecular weight is 374 g/mol. The number of hydrogen-bond donors (Lipinski definition) is 1. The summed E-state index contributed by atoms with van der Waals surface area (Å²) in [5.41, 5.74) is 8.71. The molecule has 1 unspecified atom stereocenters. The first-order valence-electron chi connectivity index (χ1n) is 9.77. The zero-order valence-corrected chi connectivity index (χ0v) is 16.4. The van der Waals surface area contributed by atoms with Gasteiger partial charge in [-0.25, -0.2) is 0 Å². The molecule has 1 atom stereocenters. The molecule has 5 rings (SSSR count). The van der Waals surface area contributed by atoms with Crippen LogP contribution in [0.4, 0.5) is 5.00 Å². The minimum absolute atomic E-state index is 0.248. The van der Waals surface area contributed by atoms with E-state index in [1.54, 1.807) is 11.5 Å². The van der Waals surface area contributed by atoms with Crippen LogP contribution >= 0.6 is 11.5 Å². The topological polar surface area (TPSA) is 37.3 Å². The van der Waals surface area contributed by atoms with E-state index in [1.165, 1.54) is 41.5 Å². The summed E-state index contributed by atoms with van der Waals surface area (Å²) in [6, 6.07) is 0. The van der Waals surface area contributed by atoms with Crippen molar-refractivity contribution in [2.24, 2.45) is 10.9 Å². The smallest absolute Gasteiger partial charge is 0.121 e. The Labute approximate surface area is 164 Å². The van der Waals surface area contributed by atoms with Gasteiger partial charge in [0.15, 0.2) is 0 Å². The van der Waals surface area contributed by atoms with Crippen LogP contribution in [0, 0.1) is 12.8 Å². The van der Waals surface area contributed by atoms with E-state index >= 15 is 0 Å². The Morgan fingerprint density at radius 3 is 3.00 bits per heavy atom. The third-order valence-corrected chi connectivity index (χ3v) is 6.50. The third kappa shape index (κ3) is 2.98. The molecule has 4 heteroatoms. The van der Waals surface area contributed by atoms with Gasteiger partial charge in [0, 0.05) is 17.7 Å². The van der Waals surface area contributed by atoms with Gasteiger partial charge < -0.3 is 5.32 Å². The lowest BCUT2D eigenvalue weighted by molar-refractivity contribution is 0.742. The normalized spacial score (nSPS) is 23.4. The van der Waals surface area contributed by atoms with Crippen LogP contribution in [-0.2, 0) is 0 Å². The summed E-state index contributed by atoms with van der Waals surface area (Å²) in [5.74, 6) is 0.248. The first-order chi connectivity index (χ1) is 13.3. The molecule has 1 N–H and O–H groups in total. The summed E-state index contributed by atoms with van der Waals surface area (Å²) >= 11 is 1.56. The second-order valence-electron chi connectivity index (χ2n) is 7.41. The summed E-state index contributed by atoms with van der Waals surface area (Å²) in [7, 11) is 0. The molecule has 3 nitrogen and oxygen atoms in total. The van der Waals surface area contributed by atoms with Gasteiger partial charge >= 0.3 is 0 Å². The van der Waals surface area contributed by atoms with Crippen molar-refractivity contribution in [3.63, 3.8) is 0 Å². The summed E-state index contributed by atoms with van der Waals surface area (Å²) in [6.07, 6.45) is 23.6. The lowest BCUT2D eigenvalue weighted by Gasteiger charge is -2.21. The second kappa shape index (κ2) is 6.93. The lowest BCUT2D eigenvalue weighted by Crippen LogP contribution is -2.21. The zero-order valence-electron chi connectivity index (χ0n) is 15.5. The number of nitrogens with one attached hydrogen (secondary N) is 1. The van der Waals surface area contributed by atoms with Crippen LogP contribution in [0.1, 0.15) is 43.4 Å². The van der Waals surface area contributed by atoms with Crippen molar-refractivity contribution < 1.29 is 0 Å². The van der Waals surface area contributed by atoms with Gasteiger partial charge in [0.2, 0.25) is 0 Å². The average Bonchev–Trinajstić information content (AvgIpc) is 3.42. The van der Waals surface area contributed by atoms with Crippen molar-refractivity contribution in [1.29, 1.82) is 0 Å². The number of aliphatic imine (C=N–C) groups is 1. The minimum Gasteiger partial charge on any atom is -0.344 e. The molecule has 1 aromatic heterocycles. The quantitative estimate of drug-likeness (QED) is 0.691. The molecule has 1 aromatic rings. The Balaban J connectivity index is 1.41. The highest BCUT2D eigenvalue weighted by atomic mass is 32.1. The molecule has 0 fully saturated rings. The van der Waals surface area contributed by atoms with Crippen LogP contribution in [-0.4, -0.2) is 10.1 Å². The molecule has 0 radical (unpaired) electrons.